The van der Waals surface area contributed by atoms with Crippen molar-refractivity contribution in [2.75, 3.05) is 32.6 Å². The van der Waals surface area contributed by atoms with Gasteiger partial charge in [-0.1, -0.05) is 0 Å². The molecule has 0 aromatic carbocycles. The van der Waals surface area contributed by atoms with E-state index < -0.39 is 10.0 Å². The third kappa shape index (κ3) is 3.09. The zero-order chi connectivity index (χ0) is 14.8. The number of sulfonamides is 1. The summed E-state index contributed by atoms with van der Waals surface area (Å²) in [5, 5.41) is 0. The number of anilines is 1. The number of pyridine rings is 1. The van der Waals surface area contributed by atoms with Gasteiger partial charge in [-0.2, -0.15) is 4.31 Å². The van der Waals surface area contributed by atoms with Gasteiger partial charge in [0.1, 0.15) is 10.7 Å². The molecule has 3 N–H and O–H groups in total. The highest BCUT2D eigenvalue weighted by Crippen LogP contribution is 2.22. The molecule has 2 heterocycles. The van der Waals surface area contributed by atoms with Crippen LogP contribution in [0, 0.1) is 0 Å². The van der Waals surface area contributed by atoms with Crippen LogP contribution in [0.1, 0.15) is 12.8 Å². The fourth-order valence-electron chi connectivity index (χ4n) is 2.34. The van der Waals surface area contributed by atoms with Crippen LogP contribution >= 0.6 is 0 Å². The maximum atomic E-state index is 12.5. The smallest absolute Gasteiger partial charge is 0.244 e. The van der Waals surface area contributed by atoms with Crippen molar-refractivity contribution in [2.24, 2.45) is 5.84 Å². The predicted molar refractivity (Wildman–Crippen MR) is 77.5 cm³/mol. The zero-order valence-corrected chi connectivity index (χ0v) is 12.6. The van der Waals surface area contributed by atoms with E-state index in [0.717, 1.165) is 25.9 Å². The van der Waals surface area contributed by atoms with Crippen molar-refractivity contribution in [2.45, 2.75) is 23.8 Å². The molecule has 1 aliphatic rings. The number of hydrogen-bond acceptors (Lipinski definition) is 6. The molecule has 2 rings (SSSR count). The van der Waals surface area contributed by atoms with E-state index in [9.17, 15) is 8.42 Å². The number of piperidine rings is 1. The van der Waals surface area contributed by atoms with Crippen LogP contribution in [0.5, 0.6) is 0 Å². The maximum absolute atomic E-state index is 12.5. The van der Waals surface area contributed by atoms with Crippen LogP contribution in [0.4, 0.5) is 5.82 Å². The molecule has 1 fully saturated rings. The van der Waals surface area contributed by atoms with Gasteiger partial charge in [-0.25, -0.2) is 19.2 Å². The number of nitrogen functional groups attached to an aromatic ring is 1. The average Bonchev–Trinajstić information content (AvgIpc) is 2.47. The van der Waals surface area contributed by atoms with E-state index in [1.807, 2.05) is 7.05 Å². The topological polar surface area (TPSA) is 91.6 Å². The lowest BCUT2D eigenvalue weighted by Gasteiger charge is -2.34. The minimum absolute atomic E-state index is 0.0449. The Bertz CT molecular complexity index is 537. The molecule has 0 saturated carbocycles. The number of nitrogens with one attached hydrogen (secondary N) is 1. The van der Waals surface area contributed by atoms with Gasteiger partial charge in [0.2, 0.25) is 10.0 Å². The highest BCUT2D eigenvalue weighted by molar-refractivity contribution is 7.89. The Morgan fingerprint density at radius 2 is 2.05 bits per heavy atom. The Hall–Kier alpha value is -1.22. The third-order valence-electron chi connectivity index (χ3n) is 3.76. The van der Waals surface area contributed by atoms with Crippen LogP contribution < -0.4 is 11.3 Å². The molecule has 8 heteroatoms. The highest BCUT2D eigenvalue weighted by Gasteiger charge is 2.30. The SMILES string of the molecule is CN1CCC(N(C)S(=O)(=O)c2ccc(NN)nc2)CC1. The van der Waals surface area contributed by atoms with Crippen LogP contribution in [0.3, 0.4) is 0 Å². The summed E-state index contributed by atoms with van der Waals surface area (Å²) in [5.74, 6) is 5.66. The molecule has 1 saturated heterocycles. The van der Waals surface area contributed by atoms with Crippen LogP contribution in [-0.4, -0.2) is 55.8 Å². The molecule has 1 aliphatic heterocycles. The van der Waals surface area contributed by atoms with Gasteiger partial charge < -0.3 is 10.3 Å². The molecule has 20 heavy (non-hydrogen) atoms. The summed E-state index contributed by atoms with van der Waals surface area (Å²) in [4.78, 5) is 6.35. The molecule has 0 radical (unpaired) electrons. The molecule has 1 aromatic rings. The first-order valence-electron chi connectivity index (χ1n) is 6.54. The van der Waals surface area contributed by atoms with Gasteiger partial charge in [-0.3, -0.25) is 0 Å². The molecule has 0 unspecified atom stereocenters. The predicted octanol–water partition coefficient (Wildman–Crippen LogP) is 0.0819. The molecule has 0 atom stereocenters. The Kier molecular flexibility index (Phi) is 4.59. The van der Waals surface area contributed by atoms with Gasteiger partial charge in [0.15, 0.2) is 0 Å². The Morgan fingerprint density at radius 3 is 2.55 bits per heavy atom. The highest BCUT2D eigenvalue weighted by atomic mass is 32.2. The number of rotatable bonds is 4. The van der Waals surface area contributed by atoms with Gasteiger partial charge in [0.05, 0.1) is 0 Å². The van der Waals surface area contributed by atoms with E-state index >= 15 is 0 Å². The fraction of sp³-hybridized carbons (Fsp3) is 0.583. The van der Waals surface area contributed by atoms with Crippen molar-refractivity contribution < 1.29 is 8.42 Å². The number of hydrazine groups is 1. The molecule has 7 nitrogen and oxygen atoms in total. The number of likely N-dealkylation sites (tertiary alicyclic amines) is 1. The van der Waals surface area contributed by atoms with E-state index in [0.29, 0.717) is 5.82 Å². The van der Waals surface area contributed by atoms with Crippen LogP contribution in [-0.2, 0) is 10.0 Å². The van der Waals surface area contributed by atoms with E-state index in [2.05, 4.69) is 15.3 Å². The quantitative estimate of drug-likeness (QED) is 0.604. The van der Waals surface area contributed by atoms with Crippen molar-refractivity contribution in [1.29, 1.82) is 0 Å². The van der Waals surface area contributed by atoms with Gasteiger partial charge in [-0.15, -0.1) is 0 Å². The molecule has 0 bridgehead atoms. The summed E-state index contributed by atoms with van der Waals surface area (Å²) in [5.41, 5.74) is 2.38. The lowest BCUT2D eigenvalue weighted by Crippen LogP contribution is -2.44. The van der Waals surface area contributed by atoms with Crippen LogP contribution in [0.25, 0.3) is 0 Å². The summed E-state index contributed by atoms with van der Waals surface area (Å²) < 4.78 is 26.5. The summed E-state index contributed by atoms with van der Waals surface area (Å²) in [6.45, 7) is 1.83. The lowest BCUT2D eigenvalue weighted by molar-refractivity contribution is 0.197. The number of nitrogens with zero attached hydrogens (tertiary/aromatic N) is 3. The minimum Gasteiger partial charge on any atom is -0.308 e. The molecule has 1 aromatic heterocycles. The van der Waals surface area contributed by atoms with E-state index in [-0.39, 0.29) is 10.9 Å². The summed E-state index contributed by atoms with van der Waals surface area (Å²) >= 11 is 0. The Morgan fingerprint density at radius 1 is 1.40 bits per heavy atom. The largest absolute Gasteiger partial charge is 0.308 e. The first kappa shape index (κ1) is 15.2. The molecule has 0 spiro atoms. The van der Waals surface area contributed by atoms with Crippen molar-refractivity contribution in [1.82, 2.24) is 14.2 Å². The van der Waals surface area contributed by atoms with E-state index in [4.69, 9.17) is 5.84 Å². The number of nitrogens with two attached hydrogens (primary N) is 1. The van der Waals surface area contributed by atoms with Crippen molar-refractivity contribution >= 4 is 15.8 Å². The van der Waals surface area contributed by atoms with Gasteiger partial charge >= 0.3 is 0 Å². The van der Waals surface area contributed by atoms with E-state index in [1.165, 1.54) is 16.6 Å². The minimum atomic E-state index is -3.50. The average molecular weight is 299 g/mol. The van der Waals surface area contributed by atoms with Crippen LogP contribution in [0.2, 0.25) is 0 Å². The molecular formula is C12H21N5O2S. The standard InChI is InChI=1S/C12H21N5O2S/c1-16-7-5-10(6-8-16)17(2)20(18,19)11-3-4-12(15-13)14-9-11/h3-4,9-10H,5-8,13H2,1-2H3,(H,14,15). The molecule has 112 valence electrons. The first-order chi connectivity index (χ1) is 9.45. The second kappa shape index (κ2) is 6.04. The van der Waals surface area contributed by atoms with Crippen molar-refractivity contribution in [3.8, 4) is 0 Å². The Balaban J connectivity index is 2.16. The van der Waals surface area contributed by atoms with E-state index in [1.54, 1.807) is 13.1 Å². The summed E-state index contributed by atoms with van der Waals surface area (Å²) in [6, 6.07) is 3.11. The maximum Gasteiger partial charge on any atom is 0.244 e. The summed E-state index contributed by atoms with van der Waals surface area (Å²) in [6.07, 6.45) is 3.03. The fourth-order valence-corrected chi connectivity index (χ4v) is 3.70. The van der Waals surface area contributed by atoms with Gasteiger partial charge in [0, 0.05) is 19.3 Å². The normalized spacial score (nSPS) is 18.4. The second-order valence-corrected chi connectivity index (χ2v) is 7.08. The second-order valence-electron chi connectivity index (χ2n) is 5.08. The van der Waals surface area contributed by atoms with Crippen molar-refractivity contribution in [3.05, 3.63) is 18.3 Å². The first-order valence-corrected chi connectivity index (χ1v) is 7.98. The summed E-state index contributed by atoms with van der Waals surface area (Å²) in [7, 11) is 0.191. The van der Waals surface area contributed by atoms with Crippen LogP contribution in [0.15, 0.2) is 23.2 Å². The zero-order valence-electron chi connectivity index (χ0n) is 11.8. The van der Waals surface area contributed by atoms with Crippen molar-refractivity contribution in [3.63, 3.8) is 0 Å². The number of aromatic nitrogens is 1. The van der Waals surface area contributed by atoms with Gasteiger partial charge in [-0.05, 0) is 45.1 Å². The molecular weight excluding hydrogens is 278 g/mol. The number of hydrogen-bond donors (Lipinski definition) is 2. The molecule has 0 aliphatic carbocycles. The monoisotopic (exact) mass is 299 g/mol. The lowest BCUT2D eigenvalue weighted by atomic mass is 10.1. The van der Waals surface area contributed by atoms with Gasteiger partial charge in [0.25, 0.3) is 0 Å². The third-order valence-corrected chi connectivity index (χ3v) is 5.66. The Labute approximate surface area is 119 Å². The molecule has 0 amide bonds.